The maximum Gasteiger partial charge on any atom is 0.430 e. The van der Waals surface area contributed by atoms with Crippen LogP contribution in [0.25, 0.3) is 21.8 Å². The highest BCUT2D eigenvalue weighted by Gasteiger charge is 2.34. The number of carbonyl (C=O) groups is 2. The molecule has 0 bridgehead atoms. The van der Waals surface area contributed by atoms with Gasteiger partial charge in [0.05, 0.1) is 26.5 Å². The number of para-hydroxylation sites is 2. The van der Waals surface area contributed by atoms with Crippen LogP contribution in [-0.4, -0.2) is 26.7 Å². The molecule has 0 unspecified atom stereocenters. The molecule has 232 valence electrons. The van der Waals surface area contributed by atoms with Crippen molar-refractivity contribution >= 4 is 69.0 Å². The summed E-state index contributed by atoms with van der Waals surface area (Å²) in [5, 5.41) is 0.738. The van der Waals surface area contributed by atoms with E-state index in [9.17, 15) is 22.8 Å². The molecule has 2 N–H and O–H groups in total. The molecule has 2 amide bonds. The zero-order valence-electron chi connectivity index (χ0n) is 23.3. The number of alkyl halides is 3. The highest BCUT2D eigenvalue weighted by molar-refractivity contribution is 6.32. The van der Waals surface area contributed by atoms with Gasteiger partial charge in [0.1, 0.15) is 0 Å². The van der Waals surface area contributed by atoms with Gasteiger partial charge in [-0.3, -0.25) is 0 Å². The molecular weight excluding hydrogens is 646 g/mol. The summed E-state index contributed by atoms with van der Waals surface area (Å²) in [6, 6.07) is 22.2. The Morgan fingerprint density at radius 1 is 0.804 bits per heavy atom. The van der Waals surface area contributed by atoms with Crippen molar-refractivity contribution in [1.29, 1.82) is 0 Å². The number of halogens is 5. The molecule has 9 nitrogen and oxygen atoms in total. The number of nitrogens with zero attached hydrogens (tertiary/aromatic N) is 4. The summed E-state index contributed by atoms with van der Waals surface area (Å²) in [4.78, 5) is 36.5. The molecule has 6 rings (SSSR count). The third-order valence-electron chi connectivity index (χ3n) is 6.92. The minimum atomic E-state index is -4.56. The first-order valence-corrected chi connectivity index (χ1v) is 14.2. The Morgan fingerprint density at radius 2 is 1.39 bits per heavy atom. The predicted octanol–water partition coefficient (Wildman–Crippen LogP) is 8.74. The number of hydrogen-bond donors (Lipinski definition) is 1. The summed E-state index contributed by atoms with van der Waals surface area (Å²) in [6.07, 6.45) is -5.48. The van der Waals surface area contributed by atoms with Crippen LogP contribution in [0.5, 0.6) is 11.5 Å². The molecular formula is C32H20Cl2F3N5O4. The van der Waals surface area contributed by atoms with E-state index >= 15 is 0 Å². The fraction of sp³-hybridized carbons (Fsp3) is 0.0625. The van der Waals surface area contributed by atoms with Gasteiger partial charge < -0.3 is 19.8 Å². The number of aromatic nitrogens is 3. The van der Waals surface area contributed by atoms with Crippen molar-refractivity contribution < 1.29 is 32.2 Å². The van der Waals surface area contributed by atoms with Gasteiger partial charge in [-0.2, -0.15) is 23.1 Å². The second-order valence-electron chi connectivity index (χ2n) is 9.83. The molecule has 0 saturated carbocycles. The summed E-state index contributed by atoms with van der Waals surface area (Å²) < 4.78 is 53.8. The minimum Gasteiger partial charge on any atom is -0.408 e. The van der Waals surface area contributed by atoms with Crippen molar-refractivity contribution in [2.45, 2.75) is 12.7 Å². The van der Waals surface area contributed by atoms with Crippen LogP contribution in [0, 0.1) is 0 Å². The third kappa shape index (κ3) is 6.00. The lowest BCUT2D eigenvalue weighted by atomic mass is 10.1. The van der Waals surface area contributed by atoms with Gasteiger partial charge >= 0.3 is 18.4 Å². The van der Waals surface area contributed by atoms with E-state index in [0.717, 1.165) is 6.07 Å². The third-order valence-corrected chi connectivity index (χ3v) is 7.54. The molecule has 0 saturated heterocycles. The van der Waals surface area contributed by atoms with Gasteiger partial charge in [0, 0.05) is 23.6 Å². The molecule has 6 aromatic rings. The molecule has 0 fully saturated rings. The van der Waals surface area contributed by atoms with E-state index in [2.05, 4.69) is 9.97 Å². The first-order chi connectivity index (χ1) is 22.0. The van der Waals surface area contributed by atoms with Crippen LogP contribution in [0.15, 0.2) is 97.2 Å². The van der Waals surface area contributed by atoms with E-state index in [4.69, 9.17) is 38.4 Å². The fourth-order valence-electron chi connectivity index (χ4n) is 4.90. The number of anilines is 2. The van der Waals surface area contributed by atoms with Crippen LogP contribution >= 0.6 is 23.2 Å². The van der Waals surface area contributed by atoms with Crippen LogP contribution in [-0.2, 0) is 12.7 Å². The number of carbonyl (C=O) groups excluding carboxylic acids is 2. The van der Waals surface area contributed by atoms with E-state index in [1.165, 1.54) is 42.5 Å². The van der Waals surface area contributed by atoms with Crippen molar-refractivity contribution in [2.24, 2.45) is 0 Å². The van der Waals surface area contributed by atoms with Gasteiger partial charge in [-0.1, -0.05) is 65.7 Å². The normalized spacial score (nSPS) is 11.5. The largest absolute Gasteiger partial charge is 0.430 e. The van der Waals surface area contributed by atoms with Crippen molar-refractivity contribution in [1.82, 2.24) is 14.5 Å². The first kappa shape index (κ1) is 30.7. The zero-order valence-corrected chi connectivity index (χ0v) is 24.8. The van der Waals surface area contributed by atoms with Crippen LogP contribution in [0.2, 0.25) is 10.0 Å². The highest BCUT2D eigenvalue weighted by Crippen LogP contribution is 2.37. The fourth-order valence-corrected chi connectivity index (χ4v) is 5.25. The van der Waals surface area contributed by atoms with Crippen LogP contribution in [0.1, 0.15) is 11.1 Å². The van der Waals surface area contributed by atoms with E-state index in [0.29, 0.717) is 15.8 Å². The monoisotopic (exact) mass is 665 g/mol. The lowest BCUT2D eigenvalue weighted by molar-refractivity contribution is -0.138. The molecule has 4 aromatic carbocycles. The van der Waals surface area contributed by atoms with Crippen molar-refractivity contribution in [3.05, 3.63) is 118 Å². The standard InChI is InChI=1S/C32H20Cl2F3N5O4/c33-21-9-3-5-11-25(21)45-30(43)42(31(44)46-26-12-6-4-10-22(26)34)28-27-19-15-16-41(24(19)14-13-23(27)39-29(38)40-28)17-18-7-1-2-8-20(18)32(35,36)37/h1-16H,17H2,(H2,38,39,40). The summed E-state index contributed by atoms with van der Waals surface area (Å²) in [7, 11) is 0. The van der Waals surface area contributed by atoms with Gasteiger partial charge in [-0.25, -0.2) is 14.6 Å². The Kier molecular flexibility index (Phi) is 8.15. The smallest absolute Gasteiger partial charge is 0.408 e. The summed E-state index contributed by atoms with van der Waals surface area (Å²) in [6.45, 7) is -0.136. The van der Waals surface area contributed by atoms with Gasteiger partial charge in [0.2, 0.25) is 5.95 Å². The van der Waals surface area contributed by atoms with E-state index < -0.39 is 23.9 Å². The number of benzene rings is 4. The molecule has 0 radical (unpaired) electrons. The second kappa shape index (κ2) is 12.2. The topological polar surface area (TPSA) is 113 Å². The van der Waals surface area contributed by atoms with Crippen LogP contribution in [0.3, 0.4) is 0 Å². The Hall–Kier alpha value is -5.33. The molecule has 2 heterocycles. The molecule has 0 aliphatic rings. The van der Waals surface area contributed by atoms with Gasteiger partial charge in [0.15, 0.2) is 17.3 Å². The average molecular weight is 666 g/mol. The Balaban J connectivity index is 1.51. The molecule has 0 atom stereocenters. The van der Waals surface area contributed by atoms with Crippen molar-refractivity contribution in [2.75, 3.05) is 10.6 Å². The lowest BCUT2D eigenvalue weighted by Gasteiger charge is -2.21. The maximum atomic E-state index is 13.7. The number of fused-ring (bicyclic) bond motifs is 3. The molecule has 46 heavy (non-hydrogen) atoms. The van der Waals surface area contributed by atoms with Gasteiger partial charge in [-0.15, -0.1) is 0 Å². The molecule has 0 spiro atoms. The van der Waals surface area contributed by atoms with E-state index in [-0.39, 0.29) is 56.3 Å². The van der Waals surface area contributed by atoms with Crippen LogP contribution in [0.4, 0.5) is 34.5 Å². The Bertz CT molecular complexity index is 2080. The van der Waals surface area contributed by atoms with Gasteiger partial charge in [-0.05, 0) is 54.1 Å². The Morgan fingerprint density at radius 3 is 2.00 bits per heavy atom. The maximum absolute atomic E-state index is 13.7. The quantitative estimate of drug-likeness (QED) is 0.196. The number of nitrogen functional groups attached to an aromatic ring is 1. The number of imide groups is 1. The first-order valence-electron chi connectivity index (χ1n) is 13.4. The molecule has 0 aliphatic heterocycles. The molecule has 0 aliphatic carbocycles. The lowest BCUT2D eigenvalue weighted by Crippen LogP contribution is -2.42. The predicted molar refractivity (Wildman–Crippen MR) is 167 cm³/mol. The van der Waals surface area contributed by atoms with Crippen molar-refractivity contribution in [3.63, 3.8) is 0 Å². The average Bonchev–Trinajstić information content (AvgIpc) is 3.41. The Labute approximate surface area is 268 Å². The number of nitrogens with two attached hydrogens (primary N) is 1. The number of hydrogen-bond acceptors (Lipinski definition) is 7. The number of rotatable bonds is 5. The summed E-state index contributed by atoms with van der Waals surface area (Å²) in [5.41, 5.74) is 5.96. The van der Waals surface area contributed by atoms with Crippen molar-refractivity contribution in [3.8, 4) is 11.5 Å². The van der Waals surface area contributed by atoms with E-state index in [1.807, 2.05) is 0 Å². The van der Waals surface area contributed by atoms with E-state index in [1.54, 1.807) is 53.2 Å². The van der Waals surface area contributed by atoms with Gasteiger partial charge in [0.25, 0.3) is 0 Å². The minimum absolute atomic E-state index is 0.0367. The second-order valence-corrected chi connectivity index (χ2v) is 10.6. The van der Waals surface area contributed by atoms with Crippen LogP contribution < -0.4 is 20.1 Å². The summed E-state index contributed by atoms with van der Waals surface area (Å²) >= 11 is 12.4. The molecule has 2 aromatic heterocycles. The highest BCUT2D eigenvalue weighted by atomic mass is 35.5. The number of ether oxygens (including phenoxy) is 2. The number of amides is 2. The SMILES string of the molecule is Nc1nc(N(C(=O)Oc2ccccc2Cl)C(=O)Oc2ccccc2Cl)c2c(ccc3c2ccn3Cc2ccccc2C(F)(F)F)n1. The summed E-state index contributed by atoms with van der Waals surface area (Å²) in [5.74, 6) is -0.719. The zero-order chi connectivity index (χ0) is 32.6. The molecule has 14 heteroatoms.